The molecule has 0 radical (unpaired) electrons. The second kappa shape index (κ2) is 8.83. The van der Waals surface area contributed by atoms with Crippen LogP contribution in [-0.2, 0) is 17.9 Å². The summed E-state index contributed by atoms with van der Waals surface area (Å²) in [6, 6.07) is 10.3. The molecule has 33 heavy (non-hydrogen) atoms. The summed E-state index contributed by atoms with van der Waals surface area (Å²) in [5, 5.41) is 3.96. The van der Waals surface area contributed by atoms with E-state index < -0.39 is 11.5 Å². The van der Waals surface area contributed by atoms with E-state index in [1.165, 1.54) is 10.6 Å². The average Bonchev–Trinajstić information content (AvgIpc) is 2.77. The van der Waals surface area contributed by atoms with Crippen LogP contribution < -0.4 is 10.9 Å². The maximum atomic E-state index is 13.3. The molecule has 3 heterocycles. The number of carbonyl (C=O) groups excluding carboxylic acids is 2. The number of pyridine rings is 2. The summed E-state index contributed by atoms with van der Waals surface area (Å²) >= 11 is 5.91. The normalized spacial score (nSPS) is 14.6. The Balaban J connectivity index is 1.69. The highest BCUT2D eigenvalue weighted by Crippen LogP contribution is 2.29. The molecule has 0 spiro atoms. The predicted octanol–water partition coefficient (Wildman–Crippen LogP) is 3.49. The molecule has 0 saturated carbocycles. The van der Waals surface area contributed by atoms with E-state index in [0.29, 0.717) is 29.1 Å². The number of benzene rings is 1. The average molecular weight is 465 g/mol. The third-order valence-electron chi connectivity index (χ3n) is 5.74. The van der Waals surface area contributed by atoms with Gasteiger partial charge in [-0.15, -0.1) is 0 Å². The van der Waals surface area contributed by atoms with Crippen LogP contribution in [0.3, 0.4) is 0 Å². The van der Waals surface area contributed by atoms with Crippen molar-refractivity contribution < 1.29 is 9.59 Å². The number of hydrogen-bond acceptors (Lipinski definition) is 4. The summed E-state index contributed by atoms with van der Waals surface area (Å²) in [6.45, 7) is 9.30. The monoisotopic (exact) mass is 464 g/mol. The molecular formula is C25H25ClN4O3. The largest absolute Gasteiger partial charge is 0.348 e. The fourth-order valence-corrected chi connectivity index (χ4v) is 4.18. The van der Waals surface area contributed by atoms with Crippen LogP contribution in [0.2, 0.25) is 5.02 Å². The van der Waals surface area contributed by atoms with Gasteiger partial charge in [0, 0.05) is 36.2 Å². The molecule has 0 aliphatic carbocycles. The highest BCUT2D eigenvalue weighted by Gasteiger charge is 2.37. The van der Waals surface area contributed by atoms with Gasteiger partial charge in [0.1, 0.15) is 17.8 Å². The molecule has 1 fully saturated rings. The minimum absolute atomic E-state index is 0.0516. The first-order valence-electron chi connectivity index (χ1n) is 10.6. The van der Waals surface area contributed by atoms with Crippen molar-refractivity contribution in [3.63, 3.8) is 0 Å². The van der Waals surface area contributed by atoms with Gasteiger partial charge in [0.25, 0.3) is 11.5 Å². The topological polar surface area (TPSA) is 84.3 Å². The second-order valence-electron chi connectivity index (χ2n) is 9.01. The third kappa shape index (κ3) is 4.68. The highest BCUT2D eigenvalue weighted by atomic mass is 35.5. The molecule has 2 aromatic heterocycles. The predicted molar refractivity (Wildman–Crippen MR) is 129 cm³/mol. The summed E-state index contributed by atoms with van der Waals surface area (Å²) in [4.78, 5) is 45.2. The molecule has 1 aliphatic heterocycles. The molecular weight excluding hydrogens is 440 g/mol. The van der Waals surface area contributed by atoms with Gasteiger partial charge in [-0.25, -0.2) is 4.98 Å². The standard InChI is InChI=1S/C25H25ClN4O3/c1-4-17-9-10-27-22-19(17)11-20(23(32)28-12-16-5-7-18(26)8-6-16)24(33)30(22)13-21(31)29-14-25(2,3)15-29/h4-11H,1,12-15H2,2-3H3,(H,28,32). The van der Waals surface area contributed by atoms with Crippen LogP contribution >= 0.6 is 11.6 Å². The maximum Gasteiger partial charge on any atom is 0.265 e. The van der Waals surface area contributed by atoms with Gasteiger partial charge in [-0.1, -0.05) is 50.2 Å². The molecule has 1 N–H and O–H groups in total. The summed E-state index contributed by atoms with van der Waals surface area (Å²) in [5.74, 6) is -0.704. The van der Waals surface area contributed by atoms with Gasteiger partial charge in [-0.3, -0.25) is 19.0 Å². The highest BCUT2D eigenvalue weighted by molar-refractivity contribution is 6.30. The lowest BCUT2D eigenvalue weighted by atomic mass is 9.84. The summed E-state index contributed by atoms with van der Waals surface area (Å²) in [7, 11) is 0. The van der Waals surface area contributed by atoms with E-state index in [9.17, 15) is 14.4 Å². The third-order valence-corrected chi connectivity index (χ3v) is 5.99. The number of aromatic nitrogens is 2. The molecule has 1 aromatic carbocycles. The number of likely N-dealkylation sites (tertiary alicyclic amines) is 1. The molecule has 4 rings (SSSR count). The first-order chi connectivity index (χ1) is 15.7. The Kier molecular flexibility index (Phi) is 6.08. The molecule has 7 nitrogen and oxygen atoms in total. The first-order valence-corrected chi connectivity index (χ1v) is 11.0. The Morgan fingerprint density at radius 2 is 1.91 bits per heavy atom. The van der Waals surface area contributed by atoms with Crippen LogP contribution in [0.4, 0.5) is 0 Å². The Hall–Kier alpha value is -3.45. The second-order valence-corrected chi connectivity index (χ2v) is 9.45. The molecule has 8 heteroatoms. The number of amides is 2. The van der Waals surface area contributed by atoms with Crippen molar-refractivity contribution in [1.82, 2.24) is 19.8 Å². The Morgan fingerprint density at radius 3 is 2.55 bits per heavy atom. The maximum absolute atomic E-state index is 13.3. The van der Waals surface area contributed by atoms with Gasteiger partial charge in [0.2, 0.25) is 5.91 Å². The van der Waals surface area contributed by atoms with Crippen LogP contribution in [0.1, 0.15) is 35.3 Å². The fourth-order valence-electron chi connectivity index (χ4n) is 4.05. The van der Waals surface area contributed by atoms with Gasteiger partial charge in [-0.2, -0.15) is 0 Å². The van der Waals surface area contributed by atoms with Crippen molar-refractivity contribution in [1.29, 1.82) is 0 Å². The van der Waals surface area contributed by atoms with Crippen LogP contribution in [0.25, 0.3) is 17.1 Å². The zero-order valence-electron chi connectivity index (χ0n) is 18.6. The van der Waals surface area contributed by atoms with E-state index in [1.807, 2.05) is 0 Å². The van der Waals surface area contributed by atoms with Crippen molar-refractivity contribution in [2.75, 3.05) is 13.1 Å². The summed E-state index contributed by atoms with van der Waals surface area (Å²) in [6.07, 6.45) is 3.20. The van der Waals surface area contributed by atoms with Gasteiger partial charge >= 0.3 is 0 Å². The Morgan fingerprint density at radius 1 is 1.21 bits per heavy atom. The van der Waals surface area contributed by atoms with Crippen LogP contribution in [0, 0.1) is 5.41 Å². The van der Waals surface area contributed by atoms with Gasteiger partial charge in [0.05, 0.1) is 0 Å². The molecule has 1 saturated heterocycles. The van der Waals surface area contributed by atoms with E-state index in [0.717, 1.165) is 11.1 Å². The van der Waals surface area contributed by atoms with Gasteiger partial charge in [-0.05, 0) is 40.8 Å². The van der Waals surface area contributed by atoms with Gasteiger partial charge < -0.3 is 10.2 Å². The SMILES string of the molecule is C=Cc1ccnc2c1cc(C(=O)NCc1ccc(Cl)cc1)c(=O)n2CC(=O)N1CC(C)(C)C1. The Bertz CT molecular complexity index is 1300. The van der Waals surface area contributed by atoms with E-state index in [2.05, 4.69) is 30.7 Å². The van der Waals surface area contributed by atoms with Crippen molar-refractivity contribution in [2.24, 2.45) is 5.41 Å². The minimum atomic E-state index is -0.557. The van der Waals surface area contributed by atoms with Crippen LogP contribution in [0.15, 0.2) is 54.0 Å². The molecule has 0 atom stereocenters. The molecule has 170 valence electrons. The number of hydrogen-bond donors (Lipinski definition) is 1. The lowest BCUT2D eigenvalue weighted by Crippen LogP contribution is -2.56. The van der Waals surface area contributed by atoms with Gasteiger partial charge in [0.15, 0.2) is 0 Å². The molecule has 3 aromatic rings. The smallest absolute Gasteiger partial charge is 0.265 e. The zero-order chi connectivity index (χ0) is 23.8. The molecule has 0 bridgehead atoms. The van der Waals surface area contributed by atoms with Crippen molar-refractivity contribution in [3.05, 3.63) is 81.2 Å². The van der Waals surface area contributed by atoms with Crippen molar-refractivity contribution >= 4 is 40.5 Å². The number of nitrogens with one attached hydrogen (secondary N) is 1. The minimum Gasteiger partial charge on any atom is -0.348 e. The van der Waals surface area contributed by atoms with Crippen LogP contribution in [-0.4, -0.2) is 39.4 Å². The molecule has 0 unspecified atom stereocenters. The number of halogens is 1. The van der Waals surface area contributed by atoms with Crippen molar-refractivity contribution in [2.45, 2.75) is 26.9 Å². The van der Waals surface area contributed by atoms with E-state index in [4.69, 9.17) is 11.6 Å². The Labute approximate surface area is 196 Å². The summed E-state index contributed by atoms with van der Waals surface area (Å²) in [5.41, 5.74) is 1.37. The number of fused-ring (bicyclic) bond motifs is 1. The number of carbonyl (C=O) groups is 2. The fraction of sp³-hybridized carbons (Fsp3) is 0.280. The van der Waals surface area contributed by atoms with E-state index >= 15 is 0 Å². The quantitative estimate of drug-likeness (QED) is 0.605. The van der Waals surface area contributed by atoms with E-state index in [-0.39, 0.29) is 30.0 Å². The lowest BCUT2D eigenvalue weighted by Gasteiger charge is -2.45. The summed E-state index contributed by atoms with van der Waals surface area (Å²) < 4.78 is 1.28. The number of nitrogens with zero attached hydrogens (tertiary/aromatic N) is 3. The van der Waals surface area contributed by atoms with Crippen LogP contribution in [0.5, 0.6) is 0 Å². The van der Waals surface area contributed by atoms with E-state index in [1.54, 1.807) is 47.5 Å². The molecule has 2 amide bonds. The first kappa shape index (κ1) is 22.7. The van der Waals surface area contributed by atoms with Crippen molar-refractivity contribution in [3.8, 4) is 0 Å². The molecule has 1 aliphatic rings. The zero-order valence-corrected chi connectivity index (χ0v) is 19.4. The lowest BCUT2D eigenvalue weighted by molar-refractivity contribution is -0.142. The number of rotatable bonds is 6.